The number of ether oxygens (including phenoxy) is 2. The van der Waals surface area contributed by atoms with Crippen LogP contribution < -0.4 is 4.74 Å². The minimum absolute atomic E-state index is 0.172. The molecule has 0 unspecified atom stereocenters. The third-order valence-electron chi connectivity index (χ3n) is 3.52. The zero-order valence-corrected chi connectivity index (χ0v) is 13.3. The molecule has 0 amide bonds. The molecule has 0 aliphatic carbocycles. The second-order valence-electron chi connectivity index (χ2n) is 4.81. The fourth-order valence-corrected chi connectivity index (χ4v) is 3.46. The number of cyclic esters (lactones) is 1. The van der Waals surface area contributed by atoms with Crippen molar-refractivity contribution in [3.8, 4) is 17.1 Å². The Morgan fingerprint density at radius 1 is 1.41 bits per heavy atom. The van der Waals surface area contributed by atoms with E-state index in [2.05, 4.69) is 10.2 Å². The maximum absolute atomic E-state index is 11.6. The van der Waals surface area contributed by atoms with Crippen molar-refractivity contribution >= 4 is 17.7 Å². The Morgan fingerprint density at radius 2 is 2.23 bits per heavy atom. The van der Waals surface area contributed by atoms with E-state index in [4.69, 9.17) is 9.47 Å². The van der Waals surface area contributed by atoms with Crippen molar-refractivity contribution in [1.82, 2.24) is 14.8 Å². The van der Waals surface area contributed by atoms with E-state index in [0.29, 0.717) is 19.6 Å². The number of benzene rings is 1. The van der Waals surface area contributed by atoms with Crippen molar-refractivity contribution < 1.29 is 14.3 Å². The van der Waals surface area contributed by atoms with Crippen LogP contribution in [-0.4, -0.2) is 39.7 Å². The SMILES string of the molecule is CCn1c(S[C@@H]2CCOC2=O)nnc1-c1ccccc1OC. The lowest BCUT2D eigenvalue weighted by molar-refractivity contribution is -0.137. The Bertz CT molecular complexity index is 686. The van der Waals surface area contributed by atoms with Gasteiger partial charge in [-0.2, -0.15) is 0 Å². The van der Waals surface area contributed by atoms with Crippen LogP contribution in [0.1, 0.15) is 13.3 Å². The molecule has 1 aromatic heterocycles. The van der Waals surface area contributed by atoms with Gasteiger partial charge in [0.05, 0.1) is 19.3 Å². The lowest BCUT2D eigenvalue weighted by Gasteiger charge is -2.11. The summed E-state index contributed by atoms with van der Waals surface area (Å²) in [7, 11) is 1.63. The van der Waals surface area contributed by atoms with Crippen LogP contribution in [0.3, 0.4) is 0 Å². The van der Waals surface area contributed by atoms with Gasteiger partial charge in [-0.15, -0.1) is 10.2 Å². The van der Waals surface area contributed by atoms with Crippen molar-refractivity contribution in [3.05, 3.63) is 24.3 Å². The van der Waals surface area contributed by atoms with E-state index in [9.17, 15) is 4.79 Å². The van der Waals surface area contributed by atoms with E-state index in [1.165, 1.54) is 11.8 Å². The van der Waals surface area contributed by atoms with Crippen LogP contribution in [0.25, 0.3) is 11.4 Å². The number of carbonyl (C=O) groups excluding carboxylic acids is 1. The molecule has 2 aromatic rings. The molecule has 22 heavy (non-hydrogen) atoms. The van der Waals surface area contributed by atoms with E-state index in [1.54, 1.807) is 7.11 Å². The molecular formula is C15H17N3O3S. The summed E-state index contributed by atoms with van der Waals surface area (Å²) in [6.07, 6.45) is 0.712. The number of para-hydroxylation sites is 1. The topological polar surface area (TPSA) is 66.2 Å². The molecule has 1 saturated heterocycles. The lowest BCUT2D eigenvalue weighted by Crippen LogP contribution is -2.11. The summed E-state index contributed by atoms with van der Waals surface area (Å²) >= 11 is 1.41. The Kier molecular flexibility index (Phi) is 4.33. The number of carbonyl (C=O) groups is 1. The van der Waals surface area contributed by atoms with Crippen molar-refractivity contribution in [1.29, 1.82) is 0 Å². The van der Waals surface area contributed by atoms with Gasteiger partial charge in [0.15, 0.2) is 11.0 Å². The fraction of sp³-hybridized carbons (Fsp3) is 0.400. The van der Waals surface area contributed by atoms with Gasteiger partial charge in [-0.3, -0.25) is 4.79 Å². The minimum Gasteiger partial charge on any atom is -0.496 e. The summed E-state index contributed by atoms with van der Waals surface area (Å²) in [6.45, 7) is 3.22. The fourth-order valence-electron chi connectivity index (χ4n) is 2.40. The highest BCUT2D eigenvalue weighted by Gasteiger charge is 2.30. The highest BCUT2D eigenvalue weighted by atomic mass is 32.2. The third kappa shape index (κ3) is 2.68. The van der Waals surface area contributed by atoms with Gasteiger partial charge in [0.25, 0.3) is 0 Å². The van der Waals surface area contributed by atoms with Crippen LogP contribution in [0.5, 0.6) is 5.75 Å². The number of aromatic nitrogens is 3. The molecule has 1 aliphatic rings. The molecule has 7 heteroatoms. The van der Waals surface area contributed by atoms with Crippen LogP contribution in [0, 0.1) is 0 Å². The van der Waals surface area contributed by atoms with Crippen LogP contribution in [0.15, 0.2) is 29.4 Å². The number of esters is 1. The Morgan fingerprint density at radius 3 is 2.91 bits per heavy atom. The third-order valence-corrected chi connectivity index (χ3v) is 4.74. The molecule has 0 spiro atoms. The maximum atomic E-state index is 11.6. The first kappa shape index (κ1) is 14.9. The van der Waals surface area contributed by atoms with E-state index in [0.717, 1.165) is 22.3 Å². The van der Waals surface area contributed by atoms with Gasteiger partial charge in [-0.05, 0) is 19.1 Å². The first-order valence-corrected chi connectivity index (χ1v) is 8.02. The van der Waals surface area contributed by atoms with Gasteiger partial charge in [-0.1, -0.05) is 23.9 Å². The summed E-state index contributed by atoms with van der Waals surface area (Å²) < 4.78 is 12.4. The molecule has 2 heterocycles. The summed E-state index contributed by atoms with van der Waals surface area (Å²) in [5.41, 5.74) is 0.889. The highest BCUT2D eigenvalue weighted by Crippen LogP contribution is 2.33. The Hall–Kier alpha value is -2.02. The van der Waals surface area contributed by atoms with Crippen molar-refractivity contribution in [3.63, 3.8) is 0 Å². The molecule has 1 aliphatic heterocycles. The molecule has 0 bridgehead atoms. The second-order valence-corrected chi connectivity index (χ2v) is 5.98. The Balaban J connectivity index is 1.95. The molecule has 1 aromatic carbocycles. The quantitative estimate of drug-likeness (QED) is 0.788. The van der Waals surface area contributed by atoms with E-state index < -0.39 is 0 Å². The minimum atomic E-state index is -0.194. The zero-order chi connectivity index (χ0) is 15.5. The van der Waals surface area contributed by atoms with Crippen LogP contribution in [-0.2, 0) is 16.1 Å². The van der Waals surface area contributed by atoms with Gasteiger partial charge in [-0.25, -0.2) is 0 Å². The first-order valence-electron chi connectivity index (χ1n) is 7.14. The van der Waals surface area contributed by atoms with Crippen molar-refractivity contribution in [2.45, 2.75) is 30.3 Å². The van der Waals surface area contributed by atoms with Gasteiger partial charge >= 0.3 is 5.97 Å². The number of rotatable bonds is 5. The molecular weight excluding hydrogens is 302 g/mol. The predicted octanol–water partition coefficient (Wildman–Crippen LogP) is 2.38. The van der Waals surface area contributed by atoms with Crippen LogP contribution in [0.2, 0.25) is 0 Å². The standard InChI is InChI=1S/C15H17N3O3S/c1-3-18-13(10-6-4-5-7-11(10)20-2)16-17-15(18)22-12-8-9-21-14(12)19/h4-7,12H,3,8-9H2,1-2H3/t12-/m1/s1. The number of hydrogen-bond acceptors (Lipinski definition) is 6. The molecule has 0 N–H and O–H groups in total. The summed E-state index contributed by atoms with van der Waals surface area (Å²) in [5.74, 6) is 1.32. The molecule has 1 fully saturated rings. The van der Waals surface area contributed by atoms with Crippen LogP contribution in [0.4, 0.5) is 0 Å². The molecule has 6 nitrogen and oxygen atoms in total. The van der Waals surface area contributed by atoms with Crippen LogP contribution >= 0.6 is 11.8 Å². The average Bonchev–Trinajstić information content (AvgIpc) is 3.14. The highest BCUT2D eigenvalue weighted by molar-refractivity contribution is 8.00. The smallest absolute Gasteiger partial charge is 0.319 e. The first-order chi connectivity index (χ1) is 10.7. The van der Waals surface area contributed by atoms with E-state index >= 15 is 0 Å². The predicted molar refractivity (Wildman–Crippen MR) is 82.9 cm³/mol. The van der Waals surface area contributed by atoms with Crippen molar-refractivity contribution in [2.24, 2.45) is 0 Å². The van der Waals surface area contributed by atoms with Gasteiger partial charge in [0, 0.05) is 13.0 Å². The van der Waals surface area contributed by atoms with Gasteiger partial charge in [0.2, 0.25) is 0 Å². The number of methoxy groups -OCH3 is 1. The zero-order valence-electron chi connectivity index (χ0n) is 12.5. The summed E-state index contributed by atoms with van der Waals surface area (Å²) in [5, 5.41) is 9.08. The molecule has 3 rings (SSSR count). The molecule has 1 atom stereocenters. The maximum Gasteiger partial charge on any atom is 0.319 e. The molecule has 0 radical (unpaired) electrons. The molecule has 0 saturated carbocycles. The van der Waals surface area contributed by atoms with Gasteiger partial charge < -0.3 is 14.0 Å². The second kappa shape index (κ2) is 6.39. The Labute approximate surface area is 132 Å². The van der Waals surface area contributed by atoms with Gasteiger partial charge in [0.1, 0.15) is 11.0 Å². The largest absolute Gasteiger partial charge is 0.496 e. The normalized spacial score (nSPS) is 17.5. The summed E-state index contributed by atoms with van der Waals surface area (Å²) in [6, 6.07) is 7.70. The molecule has 116 valence electrons. The van der Waals surface area contributed by atoms with Crippen molar-refractivity contribution in [2.75, 3.05) is 13.7 Å². The number of hydrogen-bond donors (Lipinski definition) is 0. The summed E-state index contributed by atoms with van der Waals surface area (Å²) in [4.78, 5) is 11.6. The van der Waals surface area contributed by atoms with E-state index in [-0.39, 0.29) is 11.2 Å². The monoisotopic (exact) mass is 319 g/mol. The average molecular weight is 319 g/mol. The number of nitrogens with zero attached hydrogens (tertiary/aromatic N) is 3. The van der Waals surface area contributed by atoms with E-state index in [1.807, 2.05) is 35.8 Å². The number of thioether (sulfide) groups is 1. The lowest BCUT2D eigenvalue weighted by atomic mass is 10.2.